The van der Waals surface area contributed by atoms with E-state index in [9.17, 15) is 0 Å². The molecule has 0 aromatic carbocycles. The number of nitrogens with zero attached hydrogens (tertiary/aromatic N) is 4. The van der Waals surface area contributed by atoms with Crippen molar-refractivity contribution in [3.05, 3.63) is 11.9 Å². The quantitative estimate of drug-likeness (QED) is 0.739. The third kappa shape index (κ3) is 5.71. The summed E-state index contributed by atoms with van der Waals surface area (Å²) in [5, 5.41) is 3.31. The summed E-state index contributed by atoms with van der Waals surface area (Å²) >= 11 is 0. The normalized spacial score (nSPS) is 10.9. The molecule has 6 nitrogen and oxygen atoms in total. The summed E-state index contributed by atoms with van der Waals surface area (Å²) in [5.74, 6) is 2.49. The maximum atomic E-state index is 5.14. The molecule has 0 saturated heterocycles. The molecule has 1 heterocycles. The van der Waals surface area contributed by atoms with Crippen molar-refractivity contribution >= 4 is 11.6 Å². The Kier molecular flexibility index (Phi) is 7.25. The largest absolute Gasteiger partial charge is 0.377 e. The topological polar surface area (TPSA) is 53.5 Å². The van der Waals surface area contributed by atoms with E-state index in [1.165, 1.54) is 0 Å². The van der Waals surface area contributed by atoms with Gasteiger partial charge in [0.2, 0.25) is 0 Å². The fraction of sp³-hybridized carbons (Fsp3) is 0.714. The zero-order valence-corrected chi connectivity index (χ0v) is 13.3. The van der Waals surface area contributed by atoms with Gasteiger partial charge in [-0.3, -0.25) is 0 Å². The fourth-order valence-electron chi connectivity index (χ4n) is 1.68. The standard InChI is InChI=1S/C14H27N5O/c1-6-7-15-12-10-14(17-13(16-12)11-20-5)19(4)9-8-18(2)3/h10H,6-9,11H2,1-5H3,(H,15,16,17). The third-order valence-corrected chi connectivity index (χ3v) is 2.86. The molecule has 0 radical (unpaired) electrons. The predicted octanol–water partition coefficient (Wildman–Crippen LogP) is 1.44. The average molecular weight is 281 g/mol. The van der Waals surface area contributed by atoms with Gasteiger partial charge in [-0.2, -0.15) is 0 Å². The van der Waals surface area contributed by atoms with Crippen LogP contribution in [0.1, 0.15) is 19.2 Å². The van der Waals surface area contributed by atoms with E-state index >= 15 is 0 Å². The molecule has 1 rings (SSSR count). The molecule has 1 N–H and O–H groups in total. The van der Waals surface area contributed by atoms with E-state index in [0.29, 0.717) is 12.4 Å². The van der Waals surface area contributed by atoms with E-state index in [4.69, 9.17) is 4.74 Å². The molecule has 0 aliphatic carbocycles. The molecule has 0 spiro atoms. The number of likely N-dealkylation sites (N-methyl/N-ethyl adjacent to an activating group) is 2. The van der Waals surface area contributed by atoms with Crippen molar-refractivity contribution < 1.29 is 4.74 Å². The average Bonchev–Trinajstić information content (AvgIpc) is 2.42. The number of hydrogen-bond donors (Lipinski definition) is 1. The van der Waals surface area contributed by atoms with E-state index in [1.54, 1.807) is 7.11 Å². The first-order valence-corrected chi connectivity index (χ1v) is 7.03. The number of methoxy groups -OCH3 is 1. The molecule has 0 atom stereocenters. The van der Waals surface area contributed by atoms with Crippen LogP contribution in [0.3, 0.4) is 0 Å². The third-order valence-electron chi connectivity index (χ3n) is 2.86. The highest BCUT2D eigenvalue weighted by Crippen LogP contribution is 2.15. The highest BCUT2D eigenvalue weighted by atomic mass is 16.5. The van der Waals surface area contributed by atoms with Crippen LogP contribution in [0.4, 0.5) is 11.6 Å². The van der Waals surface area contributed by atoms with E-state index < -0.39 is 0 Å². The van der Waals surface area contributed by atoms with Gasteiger partial charge in [-0.1, -0.05) is 6.92 Å². The molecule has 114 valence electrons. The zero-order chi connectivity index (χ0) is 15.0. The summed E-state index contributed by atoms with van der Waals surface area (Å²) in [7, 11) is 7.84. The second-order valence-corrected chi connectivity index (χ2v) is 5.11. The van der Waals surface area contributed by atoms with Crippen molar-refractivity contribution in [2.24, 2.45) is 0 Å². The van der Waals surface area contributed by atoms with Gasteiger partial charge >= 0.3 is 0 Å². The summed E-state index contributed by atoms with van der Waals surface area (Å²) < 4.78 is 5.14. The number of anilines is 2. The van der Waals surface area contributed by atoms with Gasteiger partial charge in [0.15, 0.2) is 5.82 Å². The van der Waals surface area contributed by atoms with Crippen LogP contribution in [0, 0.1) is 0 Å². The molecule has 6 heteroatoms. The molecule has 1 aromatic heterocycles. The molecule has 0 aliphatic rings. The highest BCUT2D eigenvalue weighted by Gasteiger charge is 2.08. The molecule has 20 heavy (non-hydrogen) atoms. The lowest BCUT2D eigenvalue weighted by molar-refractivity contribution is 0.178. The minimum absolute atomic E-state index is 0.427. The molecular weight excluding hydrogens is 254 g/mol. The Hall–Kier alpha value is -1.40. The number of aromatic nitrogens is 2. The molecule has 1 aromatic rings. The van der Waals surface area contributed by atoms with Crippen molar-refractivity contribution in [1.82, 2.24) is 14.9 Å². The lowest BCUT2D eigenvalue weighted by atomic mass is 10.4. The summed E-state index contributed by atoms with van der Waals surface area (Å²) in [6, 6.07) is 1.99. The first-order valence-electron chi connectivity index (χ1n) is 7.03. The van der Waals surface area contributed by atoms with E-state index in [1.807, 2.05) is 13.1 Å². The van der Waals surface area contributed by atoms with E-state index in [2.05, 4.69) is 46.1 Å². The molecule has 0 bridgehead atoms. The minimum Gasteiger partial charge on any atom is -0.377 e. The van der Waals surface area contributed by atoms with Crippen molar-refractivity contribution in [2.75, 3.05) is 58.1 Å². The molecule has 0 amide bonds. The van der Waals surface area contributed by atoms with Crippen LogP contribution in [-0.4, -0.2) is 62.8 Å². The second kappa shape index (κ2) is 8.71. The predicted molar refractivity (Wildman–Crippen MR) is 83.3 cm³/mol. The Morgan fingerprint density at radius 3 is 2.55 bits per heavy atom. The summed E-state index contributed by atoms with van der Waals surface area (Å²) in [6.45, 7) is 5.37. The van der Waals surface area contributed by atoms with Gasteiger partial charge in [-0.05, 0) is 20.5 Å². The van der Waals surface area contributed by atoms with E-state index in [0.717, 1.165) is 37.7 Å². The molecule has 0 aliphatic heterocycles. The second-order valence-electron chi connectivity index (χ2n) is 5.11. The SMILES string of the molecule is CCCNc1cc(N(C)CCN(C)C)nc(COC)n1. The number of rotatable bonds is 9. The number of ether oxygens (including phenoxy) is 1. The maximum absolute atomic E-state index is 5.14. The maximum Gasteiger partial charge on any atom is 0.158 e. The van der Waals surface area contributed by atoms with Crippen LogP contribution in [0.15, 0.2) is 6.07 Å². The Bertz CT molecular complexity index is 397. The van der Waals surface area contributed by atoms with Crippen LogP contribution in [0.25, 0.3) is 0 Å². The van der Waals surface area contributed by atoms with Crippen LogP contribution >= 0.6 is 0 Å². The Morgan fingerprint density at radius 1 is 1.20 bits per heavy atom. The van der Waals surface area contributed by atoms with Crippen molar-refractivity contribution in [2.45, 2.75) is 20.0 Å². The van der Waals surface area contributed by atoms with E-state index in [-0.39, 0.29) is 0 Å². The van der Waals surface area contributed by atoms with Crippen LogP contribution in [-0.2, 0) is 11.3 Å². The Morgan fingerprint density at radius 2 is 1.95 bits per heavy atom. The summed E-state index contributed by atoms with van der Waals surface area (Å²) in [6.07, 6.45) is 1.06. The lowest BCUT2D eigenvalue weighted by Crippen LogP contribution is -2.29. The van der Waals surface area contributed by atoms with Gasteiger partial charge < -0.3 is 19.9 Å². The van der Waals surface area contributed by atoms with Crippen molar-refractivity contribution in [1.29, 1.82) is 0 Å². The summed E-state index contributed by atoms with van der Waals surface area (Å²) in [4.78, 5) is 13.3. The molecule has 0 fully saturated rings. The summed E-state index contributed by atoms with van der Waals surface area (Å²) in [5.41, 5.74) is 0. The zero-order valence-electron chi connectivity index (χ0n) is 13.3. The fourth-order valence-corrected chi connectivity index (χ4v) is 1.68. The van der Waals surface area contributed by atoms with Crippen LogP contribution < -0.4 is 10.2 Å². The lowest BCUT2D eigenvalue weighted by Gasteiger charge is -2.21. The Balaban J connectivity index is 2.83. The van der Waals surface area contributed by atoms with Gasteiger partial charge in [0.05, 0.1) is 0 Å². The van der Waals surface area contributed by atoms with Gasteiger partial charge in [-0.25, -0.2) is 9.97 Å². The number of nitrogens with one attached hydrogen (secondary N) is 1. The first-order chi connectivity index (χ1) is 9.56. The highest BCUT2D eigenvalue weighted by molar-refractivity contribution is 5.49. The molecule has 0 saturated carbocycles. The van der Waals surface area contributed by atoms with Gasteiger partial charge in [-0.15, -0.1) is 0 Å². The first kappa shape index (κ1) is 16.7. The molecular formula is C14H27N5O. The van der Waals surface area contributed by atoms with Crippen molar-refractivity contribution in [3.63, 3.8) is 0 Å². The smallest absolute Gasteiger partial charge is 0.158 e. The van der Waals surface area contributed by atoms with Gasteiger partial charge in [0.1, 0.15) is 18.2 Å². The number of hydrogen-bond acceptors (Lipinski definition) is 6. The van der Waals surface area contributed by atoms with Gasteiger partial charge in [0.25, 0.3) is 0 Å². The minimum atomic E-state index is 0.427. The Labute approximate surface area is 122 Å². The van der Waals surface area contributed by atoms with Crippen LogP contribution in [0.5, 0.6) is 0 Å². The van der Waals surface area contributed by atoms with Gasteiger partial charge in [0, 0.05) is 39.9 Å². The van der Waals surface area contributed by atoms with Crippen LogP contribution in [0.2, 0.25) is 0 Å². The monoisotopic (exact) mass is 281 g/mol. The molecule has 0 unspecified atom stereocenters. The van der Waals surface area contributed by atoms with Crippen molar-refractivity contribution in [3.8, 4) is 0 Å².